The van der Waals surface area contributed by atoms with Gasteiger partial charge in [-0.1, -0.05) is 43.3 Å². The number of rotatable bonds is 2. The second-order valence-corrected chi connectivity index (χ2v) is 5.91. The Labute approximate surface area is 113 Å². The van der Waals surface area contributed by atoms with Gasteiger partial charge in [-0.15, -0.1) is 0 Å². The lowest BCUT2D eigenvalue weighted by molar-refractivity contribution is 0.541. The maximum Gasteiger partial charge on any atom is 0.0331 e. The van der Waals surface area contributed by atoms with E-state index in [2.05, 4.69) is 60.4 Å². The summed E-state index contributed by atoms with van der Waals surface area (Å²) in [6.45, 7) is 3.24. The van der Waals surface area contributed by atoms with E-state index in [4.69, 9.17) is 0 Å². The quantitative estimate of drug-likeness (QED) is 0.868. The van der Waals surface area contributed by atoms with Crippen molar-refractivity contribution in [2.75, 3.05) is 12.3 Å². The summed E-state index contributed by atoms with van der Waals surface area (Å²) in [4.78, 5) is 0. The fourth-order valence-electron chi connectivity index (χ4n) is 2.83. The predicted octanol–water partition coefficient (Wildman–Crippen LogP) is 4.13. The number of nitrogens with one attached hydrogen (secondary N) is 1. The number of fused-ring (bicyclic) bond motifs is 3. The van der Waals surface area contributed by atoms with Crippen LogP contribution < -0.4 is 5.32 Å². The second-order valence-electron chi connectivity index (χ2n) is 4.81. The molecule has 0 saturated heterocycles. The van der Waals surface area contributed by atoms with Crippen LogP contribution in [0.2, 0.25) is 0 Å². The summed E-state index contributed by atoms with van der Waals surface area (Å²) in [7, 11) is 0. The molecule has 2 aromatic rings. The van der Waals surface area contributed by atoms with Crippen LogP contribution >= 0.6 is 11.8 Å². The third-order valence-corrected chi connectivity index (χ3v) is 4.72. The van der Waals surface area contributed by atoms with Crippen LogP contribution in [-0.4, -0.2) is 12.3 Å². The smallest absolute Gasteiger partial charge is 0.0331 e. The highest BCUT2D eigenvalue weighted by Gasteiger charge is 2.19. The minimum absolute atomic E-state index is 0.532. The van der Waals surface area contributed by atoms with E-state index in [0.29, 0.717) is 6.04 Å². The first-order valence-electron chi connectivity index (χ1n) is 6.72. The Balaban J connectivity index is 2.16. The van der Waals surface area contributed by atoms with E-state index in [0.717, 1.165) is 12.3 Å². The van der Waals surface area contributed by atoms with Gasteiger partial charge in [-0.05, 0) is 40.6 Å². The molecule has 1 atom stereocenters. The molecule has 94 valence electrons. The van der Waals surface area contributed by atoms with Crippen molar-refractivity contribution in [3.8, 4) is 0 Å². The number of benzene rings is 2. The van der Waals surface area contributed by atoms with E-state index in [-0.39, 0.29) is 0 Å². The number of thioether (sulfide) groups is 1. The Hall–Kier alpha value is -0.990. The van der Waals surface area contributed by atoms with Gasteiger partial charge in [0.25, 0.3) is 0 Å². The van der Waals surface area contributed by atoms with Crippen molar-refractivity contribution >= 4 is 22.5 Å². The third kappa shape index (κ3) is 2.15. The molecule has 0 aliphatic carbocycles. The molecule has 18 heavy (non-hydrogen) atoms. The van der Waals surface area contributed by atoms with Crippen LogP contribution in [0, 0.1) is 0 Å². The van der Waals surface area contributed by atoms with E-state index in [9.17, 15) is 0 Å². The highest BCUT2D eigenvalue weighted by Crippen LogP contribution is 2.35. The van der Waals surface area contributed by atoms with Crippen molar-refractivity contribution in [3.63, 3.8) is 0 Å². The molecule has 0 radical (unpaired) electrons. The molecule has 0 aromatic heterocycles. The lowest BCUT2D eigenvalue weighted by Crippen LogP contribution is -2.21. The number of hydrogen-bond acceptors (Lipinski definition) is 2. The van der Waals surface area contributed by atoms with Crippen LogP contribution in [0.5, 0.6) is 0 Å². The maximum atomic E-state index is 3.63. The molecule has 1 unspecified atom stereocenters. The van der Waals surface area contributed by atoms with Crippen molar-refractivity contribution in [1.29, 1.82) is 0 Å². The summed E-state index contributed by atoms with van der Waals surface area (Å²) in [6, 6.07) is 13.9. The number of hydrogen-bond donors (Lipinski definition) is 1. The van der Waals surface area contributed by atoms with Crippen LogP contribution in [0.25, 0.3) is 10.8 Å². The topological polar surface area (TPSA) is 12.0 Å². The highest BCUT2D eigenvalue weighted by molar-refractivity contribution is 7.98. The first kappa shape index (κ1) is 12.1. The fraction of sp³-hybridized carbons (Fsp3) is 0.375. The zero-order chi connectivity index (χ0) is 12.4. The SMILES string of the molecule is CCNC1CCSCc2c1ccc1ccccc21. The minimum Gasteiger partial charge on any atom is -0.310 e. The molecule has 0 amide bonds. The van der Waals surface area contributed by atoms with Gasteiger partial charge in [0.05, 0.1) is 0 Å². The predicted molar refractivity (Wildman–Crippen MR) is 81.1 cm³/mol. The van der Waals surface area contributed by atoms with Crippen LogP contribution in [0.15, 0.2) is 36.4 Å². The largest absolute Gasteiger partial charge is 0.310 e. The van der Waals surface area contributed by atoms with Crippen LogP contribution in [0.4, 0.5) is 0 Å². The average Bonchev–Trinajstić information content (AvgIpc) is 2.62. The molecule has 0 fully saturated rings. The third-order valence-electron chi connectivity index (χ3n) is 3.70. The second kappa shape index (κ2) is 5.33. The Morgan fingerprint density at radius 3 is 3.00 bits per heavy atom. The summed E-state index contributed by atoms with van der Waals surface area (Å²) in [6.07, 6.45) is 1.24. The maximum absolute atomic E-state index is 3.63. The molecule has 1 aliphatic heterocycles. The molecule has 0 saturated carbocycles. The van der Waals surface area contributed by atoms with Gasteiger partial charge in [-0.25, -0.2) is 0 Å². The van der Waals surface area contributed by atoms with Gasteiger partial charge in [-0.2, -0.15) is 11.8 Å². The van der Waals surface area contributed by atoms with E-state index in [1.807, 2.05) is 0 Å². The van der Waals surface area contributed by atoms with E-state index in [1.54, 1.807) is 5.56 Å². The molecular weight excluding hydrogens is 238 g/mol. The Bertz CT molecular complexity index is 550. The van der Waals surface area contributed by atoms with Crippen molar-refractivity contribution in [2.24, 2.45) is 0 Å². The van der Waals surface area contributed by atoms with Gasteiger partial charge in [0, 0.05) is 11.8 Å². The van der Waals surface area contributed by atoms with Crippen LogP contribution in [0.1, 0.15) is 30.5 Å². The van der Waals surface area contributed by atoms with E-state index in [1.165, 1.54) is 28.5 Å². The molecule has 0 spiro atoms. The van der Waals surface area contributed by atoms with E-state index < -0.39 is 0 Å². The van der Waals surface area contributed by atoms with Crippen molar-refractivity contribution < 1.29 is 0 Å². The first-order chi connectivity index (χ1) is 8.90. The van der Waals surface area contributed by atoms with Gasteiger partial charge >= 0.3 is 0 Å². The first-order valence-corrected chi connectivity index (χ1v) is 7.87. The highest BCUT2D eigenvalue weighted by atomic mass is 32.2. The molecule has 1 heterocycles. The summed E-state index contributed by atoms with van der Waals surface area (Å²) in [5.41, 5.74) is 3.06. The van der Waals surface area contributed by atoms with Crippen molar-refractivity contribution in [2.45, 2.75) is 25.1 Å². The molecule has 1 aliphatic rings. The summed E-state index contributed by atoms with van der Waals surface area (Å²) in [5, 5.41) is 6.44. The Kier molecular flexibility index (Phi) is 3.57. The van der Waals surface area contributed by atoms with Crippen molar-refractivity contribution in [1.82, 2.24) is 5.32 Å². The average molecular weight is 257 g/mol. The monoisotopic (exact) mass is 257 g/mol. The normalized spacial score (nSPS) is 19.5. The molecule has 2 aromatic carbocycles. The van der Waals surface area contributed by atoms with Gasteiger partial charge in [0.1, 0.15) is 0 Å². The Morgan fingerprint density at radius 1 is 1.22 bits per heavy atom. The van der Waals surface area contributed by atoms with Gasteiger partial charge in [0.15, 0.2) is 0 Å². The zero-order valence-electron chi connectivity index (χ0n) is 10.8. The van der Waals surface area contributed by atoms with Gasteiger partial charge in [0.2, 0.25) is 0 Å². The standard InChI is InChI=1S/C16H19NS/c1-2-17-16-9-10-18-11-15-13-6-4-3-5-12(13)7-8-14(15)16/h3-8,16-17H,2,9-11H2,1H3. The summed E-state index contributed by atoms with van der Waals surface area (Å²) < 4.78 is 0. The van der Waals surface area contributed by atoms with Crippen LogP contribution in [0.3, 0.4) is 0 Å². The molecule has 3 rings (SSSR count). The Morgan fingerprint density at radius 2 is 2.11 bits per heavy atom. The van der Waals surface area contributed by atoms with Gasteiger partial charge in [-0.3, -0.25) is 0 Å². The lowest BCUT2D eigenvalue weighted by Gasteiger charge is -2.19. The molecule has 1 nitrogen and oxygen atoms in total. The fourth-order valence-corrected chi connectivity index (χ4v) is 3.90. The molecule has 1 N–H and O–H groups in total. The van der Waals surface area contributed by atoms with E-state index >= 15 is 0 Å². The molecule has 2 heteroatoms. The summed E-state index contributed by atoms with van der Waals surface area (Å²) >= 11 is 2.06. The zero-order valence-corrected chi connectivity index (χ0v) is 11.6. The van der Waals surface area contributed by atoms with Crippen LogP contribution in [-0.2, 0) is 5.75 Å². The van der Waals surface area contributed by atoms with Gasteiger partial charge < -0.3 is 5.32 Å². The summed E-state index contributed by atoms with van der Waals surface area (Å²) in [5.74, 6) is 2.40. The molecular formula is C16H19NS. The lowest BCUT2D eigenvalue weighted by atomic mass is 9.94. The minimum atomic E-state index is 0.532. The van der Waals surface area contributed by atoms with Crippen molar-refractivity contribution in [3.05, 3.63) is 47.5 Å². The molecule has 0 bridgehead atoms.